The average Bonchev–Trinajstić information content (AvgIpc) is 3.36. The number of aromatic nitrogens is 5. The van der Waals surface area contributed by atoms with Gasteiger partial charge in [-0.1, -0.05) is 18.2 Å². The quantitative estimate of drug-likeness (QED) is 0.400. The molecule has 0 aliphatic rings. The lowest BCUT2D eigenvalue weighted by Crippen LogP contribution is -1.93. The molecule has 6 rings (SSSR count). The summed E-state index contributed by atoms with van der Waals surface area (Å²) in [4.78, 5) is 20.2. The first kappa shape index (κ1) is 16.8. The molecule has 6 aromatic rings. The zero-order chi connectivity index (χ0) is 20.2. The molecular weight excluding hydrogens is 384 g/mol. The number of benzene rings is 2. The summed E-state index contributed by atoms with van der Waals surface area (Å²) in [6.07, 6.45) is 1.68. The van der Waals surface area contributed by atoms with Gasteiger partial charge < -0.3 is 9.97 Å². The second-order valence-electron chi connectivity index (χ2n) is 7.04. The highest BCUT2D eigenvalue weighted by Gasteiger charge is 2.17. The third kappa shape index (κ3) is 2.49. The Balaban J connectivity index is 1.69. The van der Waals surface area contributed by atoms with Crippen LogP contribution in [-0.4, -0.2) is 24.9 Å². The summed E-state index contributed by atoms with van der Waals surface area (Å²) >= 11 is 0. The molecule has 0 bridgehead atoms. The first-order valence-corrected chi connectivity index (χ1v) is 9.35. The lowest BCUT2D eigenvalue weighted by Gasteiger charge is -2.07. The van der Waals surface area contributed by atoms with Crippen molar-refractivity contribution in [3.05, 3.63) is 78.5 Å². The Morgan fingerprint density at radius 1 is 0.733 bits per heavy atom. The molecule has 0 atom stereocenters. The molecule has 144 valence electrons. The van der Waals surface area contributed by atoms with Crippen LogP contribution in [0.2, 0.25) is 0 Å². The maximum atomic E-state index is 14.0. The van der Waals surface area contributed by atoms with Crippen LogP contribution in [0.25, 0.3) is 55.7 Å². The summed E-state index contributed by atoms with van der Waals surface area (Å²) in [5.41, 5.74) is 4.64. The second-order valence-corrected chi connectivity index (χ2v) is 7.04. The van der Waals surface area contributed by atoms with Crippen molar-refractivity contribution in [2.24, 2.45) is 0 Å². The maximum Gasteiger partial charge on any atom is 0.178 e. The van der Waals surface area contributed by atoms with Gasteiger partial charge in [0.1, 0.15) is 5.69 Å². The number of aromatic amines is 2. The molecule has 0 fully saturated rings. The largest absolute Gasteiger partial charge is 0.353 e. The molecule has 7 heteroatoms. The first-order valence-electron chi connectivity index (χ1n) is 9.35. The molecule has 2 aromatic carbocycles. The summed E-state index contributed by atoms with van der Waals surface area (Å²) in [5.74, 6) is -1.26. The van der Waals surface area contributed by atoms with Crippen molar-refractivity contribution in [1.82, 2.24) is 24.9 Å². The van der Waals surface area contributed by atoms with Gasteiger partial charge in [0.25, 0.3) is 0 Å². The Morgan fingerprint density at radius 2 is 1.60 bits per heavy atom. The minimum Gasteiger partial charge on any atom is -0.353 e. The molecule has 0 amide bonds. The number of fused-ring (bicyclic) bond motifs is 4. The van der Waals surface area contributed by atoms with Crippen molar-refractivity contribution >= 4 is 33.0 Å². The molecule has 30 heavy (non-hydrogen) atoms. The third-order valence-corrected chi connectivity index (χ3v) is 5.19. The number of nitrogens with zero attached hydrogens (tertiary/aromatic N) is 3. The molecule has 0 saturated carbocycles. The number of nitrogens with one attached hydrogen (secondary N) is 2. The van der Waals surface area contributed by atoms with Crippen LogP contribution in [-0.2, 0) is 0 Å². The number of rotatable bonds is 2. The second kappa shape index (κ2) is 6.18. The van der Waals surface area contributed by atoms with Crippen molar-refractivity contribution < 1.29 is 8.78 Å². The van der Waals surface area contributed by atoms with Gasteiger partial charge >= 0.3 is 0 Å². The topological polar surface area (TPSA) is 70.2 Å². The fourth-order valence-electron chi connectivity index (χ4n) is 3.79. The Morgan fingerprint density at radius 3 is 2.47 bits per heavy atom. The van der Waals surface area contributed by atoms with Crippen molar-refractivity contribution in [3.8, 4) is 22.8 Å². The monoisotopic (exact) mass is 397 g/mol. The molecule has 4 aromatic heterocycles. The molecular formula is C23H13F2N5. The standard InChI is InChI=1S/C23H13F2N5/c24-15-8-7-12(10-16(15)25)20-21-14(13-4-1-2-5-17(13)27-21)11-19(28-20)23-29-18-6-3-9-26-22(18)30-23/h1-11,27H,(H,26,29,30). The van der Waals surface area contributed by atoms with E-state index in [-0.39, 0.29) is 0 Å². The fourth-order valence-corrected chi connectivity index (χ4v) is 3.79. The lowest BCUT2D eigenvalue weighted by molar-refractivity contribution is 0.509. The van der Waals surface area contributed by atoms with E-state index < -0.39 is 11.6 Å². The summed E-state index contributed by atoms with van der Waals surface area (Å²) in [7, 11) is 0. The summed E-state index contributed by atoms with van der Waals surface area (Å²) in [5, 5.41) is 1.93. The molecule has 4 heterocycles. The maximum absolute atomic E-state index is 14.0. The van der Waals surface area contributed by atoms with Gasteiger partial charge in [-0.05, 0) is 42.5 Å². The van der Waals surface area contributed by atoms with Crippen LogP contribution >= 0.6 is 0 Å². The fraction of sp³-hybridized carbons (Fsp3) is 0. The first-order chi connectivity index (χ1) is 14.7. The molecule has 0 aliphatic heterocycles. The molecule has 0 aliphatic carbocycles. The smallest absolute Gasteiger partial charge is 0.178 e. The molecule has 0 saturated heterocycles. The van der Waals surface area contributed by atoms with Gasteiger partial charge in [0, 0.05) is 28.0 Å². The number of hydrogen-bond acceptors (Lipinski definition) is 3. The lowest BCUT2D eigenvalue weighted by atomic mass is 10.1. The van der Waals surface area contributed by atoms with Gasteiger partial charge in [0.2, 0.25) is 0 Å². The van der Waals surface area contributed by atoms with E-state index >= 15 is 0 Å². The van der Waals surface area contributed by atoms with Crippen LogP contribution in [0.3, 0.4) is 0 Å². The van der Waals surface area contributed by atoms with E-state index in [2.05, 4.69) is 19.9 Å². The van der Waals surface area contributed by atoms with Gasteiger partial charge in [-0.25, -0.2) is 23.7 Å². The predicted octanol–water partition coefficient (Wildman–Crippen LogP) is 5.60. The molecule has 2 N–H and O–H groups in total. The van der Waals surface area contributed by atoms with Crippen LogP contribution in [0.4, 0.5) is 8.78 Å². The van der Waals surface area contributed by atoms with Crippen LogP contribution in [0.1, 0.15) is 0 Å². The van der Waals surface area contributed by atoms with E-state index in [9.17, 15) is 8.78 Å². The van der Waals surface area contributed by atoms with Crippen LogP contribution in [0.5, 0.6) is 0 Å². The summed E-state index contributed by atoms with van der Waals surface area (Å²) in [6, 6.07) is 17.3. The Kier molecular flexibility index (Phi) is 3.46. The van der Waals surface area contributed by atoms with Gasteiger partial charge in [0.15, 0.2) is 23.1 Å². The highest BCUT2D eigenvalue weighted by atomic mass is 19.2. The summed E-state index contributed by atoms with van der Waals surface area (Å²) < 4.78 is 27.5. The zero-order valence-electron chi connectivity index (χ0n) is 15.4. The minimum atomic E-state index is -0.920. The van der Waals surface area contributed by atoms with E-state index in [1.807, 2.05) is 42.5 Å². The third-order valence-electron chi connectivity index (χ3n) is 5.19. The van der Waals surface area contributed by atoms with Crippen LogP contribution in [0.15, 0.2) is 66.9 Å². The van der Waals surface area contributed by atoms with Crippen molar-refractivity contribution in [1.29, 1.82) is 0 Å². The highest BCUT2D eigenvalue weighted by molar-refractivity contribution is 6.12. The minimum absolute atomic E-state index is 0.474. The molecule has 5 nitrogen and oxygen atoms in total. The van der Waals surface area contributed by atoms with Gasteiger partial charge in [-0.3, -0.25) is 0 Å². The number of pyridine rings is 2. The SMILES string of the molecule is Fc1ccc(-c2nc(-c3nc4ncccc4[nH]3)cc3c2[nH]c2ccccc23)cc1F. The normalized spacial score (nSPS) is 11.7. The highest BCUT2D eigenvalue weighted by Crippen LogP contribution is 2.35. The average molecular weight is 397 g/mol. The van der Waals surface area contributed by atoms with E-state index in [4.69, 9.17) is 4.98 Å². The van der Waals surface area contributed by atoms with E-state index in [0.29, 0.717) is 28.4 Å². The summed E-state index contributed by atoms with van der Waals surface area (Å²) in [6.45, 7) is 0. The van der Waals surface area contributed by atoms with Crippen molar-refractivity contribution in [2.75, 3.05) is 0 Å². The van der Waals surface area contributed by atoms with Gasteiger partial charge in [-0.15, -0.1) is 0 Å². The molecule has 0 radical (unpaired) electrons. The van der Waals surface area contributed by atoms with Gasteiger partial charge in [-0.2, -0.15) is 0 Å². The van der Waals surface area contributed by atoms with E-state index in [1.165, 1.54) is 6.07 Å². The molecule has 0 spiro atoms. The molecule has 0 unspecified atom stereocenters. The Labute approximate surface area is 168 Å². The van der Waals surface area contributed by atoms with Crippen LogP contribution in [0, 0.1) is 11.6 Å². The number of halogens is 2. The number of para-hydroxylation sites is 1. The van der Waals surface area contributed by atoms with Crippen molar-refractivity contribution in [2.45, 2.75) is 0 Å². The number of H-pyrrole nitrogens is 2. The van der Waals surface area contributed by atoms with Crippen molar-refractivity contribution in [3.63, 3.8) is 0 Å². The predicted molar refractivity (Wildman–Crippen MR) is 112 cm³/mol. The van der Waals surface area contributed by atoms with Crippen LogP contribution < -0.4 is 0 Å². The van der Waals surface area contributed by atoms with Gasteiger partial charge in [0.05, 0.1) is 16.7 Å². The van der Waals surface area contributed by atoms with E-state index in [1.54, 1.807) is 6.20 Å². The zero-order valence-corrected chi connectivity index (χ0v) is 15.4. The number of imidazole rings is 1. The Hall–Kier alpha value is -4.13. The Bertz CT molecular complexity index is 1550. The number of hydrogen-bond donors (Lipinski definition) is 2. The van der Waals surface area contributed by atoms with E-state index in [0.717, 1.165) is 39.5 Å².